The monoisotopic (exact) mass is 396 g/mol. The molecule has 1 fully saturated rings. The number of nitrogens with zero attached hydrogens (tertiary/aromatic N) is 4. The number of para-hydroxylation sites is 2. The van der Waals surface area contributed by atoms with Gasteiger partial charge in [-0.15, -0.1) is 0 Å². The summed E-state index contributed by atoms with van der Waals surface area (Å²) in [5.74, 6) is 0. The molecule has 152 valence electrons. The van der Waals surface area contributed by atoms with Gasteiger partial charge in [-0.05, 0) is 37.1 Å². The molecular formula is C26H28N4. The molecule has 0 spiro atoms. The molecule has 2 atom stereocenters. The van der Waals surface area contributed by atoms with Crippen LogP contribution in [0.3, 0.4) is 0 Å². The third-order valence-corrected chi connectivity index (χ3v) is 6.67. The van der Waals surface area contributed by atoms with Crippen molar-refractivity contribution < 1.29 is 0 Å². The molecule has 1 saturated carbocycles. The van der Waals surface area contributed by atoms with E-state index in [0.717, 1.165) is 11.0 Å². The zero-order chi connectivity index (χ0) is 20.5. The Morgan fingerprint density at radius 3 is 1.53 bits per heavy atom. The average molecular weight is 397 g/mol. The second kappa shape index (κ2) is 7.94. The Morgan fingerprint density at radius 2 is 1.07 bits per heavy atom. The lowest BCUT2D eigenvalue weighted by molar-refractivity contribution is 0.364. The van der Waals surface area contributed by atoms with E-state index in [2.05, 4.69) is 72.4 Å². The average Bonchev–Trinajstić information content (AvgIpc) is 2.82. The Kier molecular flexibility index (Phi) is 4.99. The van der Waals surface area contributed by atoms with Crippen molar-refractivity contribution in [2.45, 2.75) is 37.8 Å². The van der Waals surface area contributed by atoms with E-state index in [4.69, 9.17) is 9.97 Å². The Morgan fingerprint density at radius 1 is 0.633 bits per heavy atom. The first kappa shape index (κ1) is 18.9. The molecule has 1 aliphatic rings. The van der Waals surface area contributed by atoms with Gasteiger partial charge < -0.3 is 9.80 Å². The lowest BCUT2D eigenvalue weighted by Gasteiger charge is -2.44. The SMILES string of the molecule is CN(c1cccc2cccnc12)C1CCCCC1N(C)c1cccc2cccnc12. The summed E-state index contributed by atoms with van der Waals surface area (Å²) >= 11 is 0. The summed E-state index contributed by atoms with van der Waals surface area (Å²) in [6, 6.07) is 22.2. The molecule has 4 aromatic rings. The minimum atomic E-state index is 0.426. The van der Waals surface area contributed by atoms with Crippen LogP contribution in [-0.2, 0) is 0 Å². The van der Waals surface area contributed by atoms with Crippen LogP contribution in [0.2, 0.25) is 0 Å². The van der Waals surface area contributed by atoms with Crippen molar-refractivity contribution in [3.8, 4) is 0 Å². The van der Waals surface area contributed by atoms with E-state index in [-0.39, 0.29) is 0 Å². The molecule has 2 aromatic carbocycles. The Balaban J connectivity index is 1.53. The number of hydrogen-bond acceptors (Lipinski definition) is 4. The molecule has 0 N–H and O–H groups in total. The first-order chi connectivity index (χ1) is 14.7. The smallest absolute Gasteiger partial charge is 0.0935 e. The van der Waals surface area contributed by atoms with Crippen LogP contribution in [0.4, 0.5) is 11.4 Å². The number of likely N-dealkylation sites (N-methyl/N-ethyl adjacent to an activating group) is 2. The maximum atomic E-state index is 4.70. The van der Waals surface area contributed by atoms with Crippen molar-refractivity contribution in [1.29, 1.82) is 0 Å². The summed E-state index contributed by atoms with van der Waals surface area (Å²) in [5, 5.41) is 2.39. The van der Waals surface area contributed by atoms with Crippen molar-refractivity contribution in [3.63, 3.8) is 0 Å². The van der Waals surface area contributed by atoms with Crippen LogP contribution in [0, 0.1) is 0 Å². The van der Waals surface area contributed by atoms with Gasteiger partial charge in [-0.3, -0.25) is 9.97 Å². The van der Waals surface area contributed by atoms with E-state index in [1.165, 1.54) is 47.8 Å². The van der Waals surface area contributed by atoms with E-state index in [9.17, 15) is 0 Å². The van der Waals surface area contributed by atoms with Gasteiger partial charge in [0.1, 0.15) is 0 Å². The number of hydrogen-bond donors (Lipinski definition) is 0. The molecule has 4 heteroatoms. The van der Waals surface area contributed by atoms with E-state index in [1.54, 1.807) is 0 Å². The van der Waals surface area contributed by atoms with Crippen molar-refractivity contribution in [3.05, 3.63) is 73.1 Å². The molecule has 0 amide bonds. The molecule has 5 rings (SSSR count). The third-order valence-electron chi connectivity index (χ3n) is 6.67. The highest BCUT2D eigenvalue weighted by Crippen LogP contribution is 2.35. The maximum Gasteiger partial charge on any atom is 0.0935 e. The molecule has 2 heterocycles. The van der Waals surface area contributed by atoms with Crippen LogP contribution < -0.4 is 9.80 Å². The number of rotatable bonds is 4. The molecular weight excluding hydrogens is 368 g/mol. The first-order valence-corrected chi connectivity index (χ1v) is 10.9. The number of aromatic nitrogens is 2. The summed E-state index contributed by atoms with van der Waals surface area (Å²) < 4.78 is 0. The van der Waals surface area contributed by atoms with Crippen LogP contribution in [-0.4, -0.2) is 36.1 Å². The Bertz CT molecular complexity index is 1070. The molecule has 0 aliphatic heterocycles. The summed E-state index contributed by atoms with van der Waals surface area (Å²) in [6.45, 7) is 0. The second-order valence-electron chi connectivity index (χ2n) is 8.35. The lowest BCUT2D eigenvalue weighted by Crippen LogP contribution is -2.51. The molecule has 0 saturated heterocycles. The molecule has 2 aromatic heterocycles. The fourth-order valence-corrected chi connectivity index (χ4v) is 5.10. The first-order valence-electron chi connectivity index (χ1n) is 10.9. The van der Waals surface area contributed by atoms with Crippen molar-refractivity contribution in [2.75, 3.05) is 23.9 Å². The standard InChI is InChI=1S/C26H28N4/c1-29(23-15-5-9-19-11-7-17-27-25(19)23)21-13-3-4-14-22(21)30(2)24-16-6-10-20-12-8-18-28-26(20)24/h5-12,15-18,21-22H,3-4,13-14H2,1-2H3. The zero-order valence-electron chi connectivity index (χ0n) is 17.7. The highest BCUT2D eigenvalue weighted by atomic mass is 15.2. The highest BCUT2D eigenvalue weighted by molar-refractivity contribution is 5.92. The van der Waals surface area contributed by atoms with Crippen LogP contribution in [0.1, 0.15) is 25.7 Å². The summed E-state index contributed by atoms with van der Waals surface area (Å²) in [4.78, 5) is 14.3. The minimum Gasteiger partial charge on any atom is -0.368 e. The normalized spacial score (nSPS) is 19.1. The van der Waals surface area contributed by atoms with Crippen LogP contribution in [0.15, 0.2) is 73.1 Å². The molecule has 0 radical (unpaired) electrons. The van der Waals surface area contributed by atoms with Crippen LogP contribution in [0.25, 0.3) is 21.8 Å². The number of anilines is 2. The summed E-state index contributed by atoms with van der Waals surface area (Å²) in [6.07, 6.45) is 8.70. The fourth-order valence-electron chi connectivity index (χ4n) is 5.10. The fraction of sp³-hybridized carbons (Fsp3) is 0.308. The van der Waals surface area contributed by atoms with E-state index >= 15 is 0 Å². The van der Waals surface area contributed by atoms with Gasteiger partial charge in [0.2, 0.25) is 0 Å². The largest absolute Gasteiger partial charge is 0.368 e. The molecule has 30 heavy (non-hydrogen) atoms. The highest BCUT2D eigenvalue weighted by Gasteiger charge is 2.33. The van der Waals surface area contributed by atoms with E-state index in [0.29, 0.717) is 12.1 Å². The molecule has 4 nitrogen and oxygen atoms in total. The summed E-state index contributed by atoms with van der Waals surface area (Å²) in [7, 11) is 4.48. The maximum absolute atomic E-state index is 4.70. The van der Waals surface area contributed by atoms with Gasteiger partial charge in [-0.1, -0.05) is 49.2 Å². The quantitative estimate of drug-likeness (QED) is 0.445. The van der Waals surface area contributed by atoms with E-state index < -0.39 is 0 Å². The van der Waals surface area contributed by atoms with Gasteiger partial charge in [0.25, 0.3) is 0 Å². The Labute approximate surface area is 178 Å². The van der Waals surface area contributed by atoms with E-state index in [1.807, 2.05) is 24.5 Å². The van der Waals surface area contributed by atoms with Gasteiger partial charge in [-0.25, -0.2) is 0 Å². The number of benzene rings is 2. The molecule has 1 aliphatic carbocycles. The van der Waals surface area contributed by atoms with Crippen molar-refractivity contribution in [1.82, 2.24) is 9.97 Å². The van der Waals surface area contributed by atoms with Gasteiger partial charge in [0.05, 0.1) is 22.4 Å². The number of pyridine rings is 2. The van der Waals surface area contributed by atoms with Crippen LogP contribution >= 0.6 is 0 Å². The lowest BCUT2D eigenvalue weighted by atomic mass is 9.87. The third kappa shape index (κ3) is 3.26. The topological polar surface area (TPSA) is 32.3 Å². The van der Waals surface area contributed by atoms with Gasteiger partial charge in [0.15, 0.2) is 0 Å². The van der Waals surface area contributed by atoms with Gasteiger partial charge >= 0.3 is 0 Å². The predicted molar refractivity (Wildman–Crippen MR) is 126 cm³/mol. The van der Waals surface area contributed by atoms with Gasteiger partial charge in [-0.2, -0.15) is 0 Å². The van der Waals surface area contributed by atoms with Crippen molar-refractivity contribution in [2.24, 2.45) is 0 Å². The predicted octanol–water partition coefficient (Wildman–Crippen LogP) is 5.67. The minimum absolute atomic E-state index is 0.426. The number of fused-ring (bicyclic) bond motifs is 2. The summed E-state index contributed by atoms with van der Waals surface area (Å²) in [5.41, 5.74) is 4.60. The van der Waals surface area contributed by atoms with Crippen LogP contribution in [0.5, 0.6) is 0 Å². The second-order valence-corrected chi connectivity index (χ2v) is 8.35. The molecule has 0 bridgehead atoms. The zero-order valence-corrected chi connectivity index (χ0v) is 17.7. The Hall–Kier alpha value is -3.14. The van der Waals surface area contributed by atoms with Gasteiger partial charge in [0, 0.05) is 49.3 Å². The molecule has 2 unspecified atom stereocenters. The van der Waals surface area contributed by atoms with Crippen molar-refractivity contribution >= 4 is 33.2 Å².